The van der Waals surface area contributed by atoms with Crippen LogP contribution in [0.2, 0.25) is 0 Å². The number of unbranched alkanes of at least 4 members (excludes halogenated alkanes) is 24. The molecule has 0 saturated heterocycles. The molecule has 1 heteroatoms. The minimum Gasteiger partial charge on any atom is -0.205 e. The van der Waals surface area contributed by atoms with Gasteiger partial charge in [0.2, 0.25) is 0 Å². The van der Waals surface area contributed by atoms with Crippen molar-refractivity contribution in [1.29, 1.82) is 0 Å². The van der Waals surface area contributed by atoms with Crippen LogP contribution in [0.1, 0.15) is 205 Å². The van der Waals surface area contributed by atoms with Crippen LogP contribution in [0.25, 0.3) is 0 Å². The smallest absolute Gasteiger partial charge is 0.171 e. The quantitative estimate of drug-likeness (QED) is 0.0672. The Bertz CT molecular complexity index is 589. The second kappa shape index (κ2) is 28.7. The van der Waals surface area contributed by atoms with Crippen LogP contribution in [-0.4, -0.2) is 0 Å². The fraction of sp³-hybridized carbons (Fsp3) is 0.868. The highest BCUT2D eigenvalue weighted by Crippen LogP contribution is 2.15. The first kappa shape index (κ1) is 36.2. The van der Waals surface area contributed by atoms with Crippen LogP contribution in [-0.2, 0) is 19.4 Å². The van der Waals surface area contributed by atoms with Gasteiger partial charge in [-0.3, -0.25) is 0 Å². The zero-order valence-corrected chi connectivity index (χ0v) is 27.4. The third kappa shape index (κ3) is 23.5. The molecule has 0 amide bonds. The van der Waals surface area contributed by atoms with Gasteiger partial charge in [-0.2, -0.15) is 0 Å². The van der Waals surface area contributed by atoms with E-state index in [0.29, 0.717) is 0 Å². The molecule has 0 radical (unpaired) electrons. The molecular formula is C38H72N+. The summed E-state index contributed by atoms with van der Waals surface area (Å²) in [5, 5.41) is 0. The van der Waals surface area contributed by atoms with Crippen molar-refractivity contribution in [2.24, 2.45) is 0 Å². The van der Waals surface area contributed by atoms with Gasteiger partial charge in [0.25, 0.3) is 0 Å². The molecule has 0 atom stereocenters. The predicted molar refractivity (Wildman–Crippen MR) is 176 cm³/mol. The average molecular weight is 543 g/mol. The van der Waals surface area contributed by atoms with E-state index in [1.165, 1.54) is 193 Å². The molecule has 228 valence electrons. The topological polar surface area (TPSA) is 3.88 Å². The molecule has 0 aliphatic carbocycles. The molecular weight excluding hydrogens is 470 g/mol. The van der Waals surface area contributed by atoms with Crippen molar-refractivity contribution < 1.29 is 4.57 Å². The largest absolute Gasteiger partial charge is 0.205 e. The highest BCUT2D eigenvalue weighted by atomic mass is 14.9. The van der Waals surface area contributed by atoms with Gasteiger partial charge < -0.3 is 0 Å². The first-order chi connectivity index (χ1) is 19.3. The third-order valence-corrected chi connectivity index (χ3v) is 8.69. The Kier molecular flexibility index (Phi) is 26.6. The second-order valence-corrected chi connectivity index (χ2v) is 12.8. The number of hydrogen-bond acceptors (Lipinski definition) is 0. The van der Waals surface area contributed by atoms with E-state index in [4.69, 9.17) is 0 Å². The molecule has 1 aromatic heterocycles. The first-order valence-electron chi connectivity index (χ1n) is 18.3. The molecule has 0 bridgehead atoms. The number of hydrogen-bond donors (Lipinski definition) is 0. The number of pyridine rings is 1. The molecule has 0 aliphatic rings. The van der Waals surface area contributed by atoms with Crippen LogP contribution in [0.4, 0.5) is 0 Å². The summed E-state index contributed by atoms with van der Waals surface area (Å²) in [7, 11) is 0. The summed E-state index contributed by atoms with van der Waals surface area (Å²) in [5.41, 5.74) is 3.18. The van der Waals surface area contributed by atoms with Crippen LogP contribution in [0.3, 0.4) is 0 Å². The van der Waals surface area contributed by atoms with Gasteiger partial charge in [0.15, 0.2) is 12.4 Å². The van der Waals surface area contributed by atoms with Gasteiger partial charge in [-0.25, -0.2) is 4.57 Å². The van der Waals surface area contributed by atoms with Gasteiger partial charge in [0, 0.05) is 17.5 Å². The van der Waals surface area contributed by atoms with E-state index in [2.05, 4.69) is 43.8 Å². The van der Waals surface area contributed by atoms with Crippen LogP contribution >= 0.6 is 0 Å². The van der Waals surface area contributed by atoms with E-state index in [1.54, 1.807) is 11.1 Å². The lowest BCUT2D eigenvalue weighted by atomic mass is 10.0. The summed E-state index contributed by atoms with van der Waals surface area (Å²) >= 11 is 0. The molecule has 0 spiro atoms. The molecule has 0 unspecified atom stereocenters. The maximum atomic E-state index is 2.55. The third-order valence-electron chi connectivity index (χ3n) is 8.69. The summed E-state index contributed by atoms with van der Waals surface area (Å²) in [5.74, 6) is 0. The maximum absolute atomic E-state index is 2.55. The van der Waals surface area contributed by atoms with Crippen LogP contribution < -0.4 is 4.57 Å². The summed E-state index contributed by atoms with van der Waals surface area (Å²) in [6.45, 7) is 8.14. The van der Waals surface area contributed by atoms with E-state index >= 15 is 0 Å². The highest BCUT2D eigenvalue weighted by Gasteiger charge is 2.08. The predicted octanol–water partition coefficient (Wildman–Crippen LogP) is 12.7. The molecule has 0 aromatic carbocycles. The van der Waals surface area contributed by atoms with Gasteiger partial charge in [-0.15, -0.1) is 0 Å². The molecule has 1 aromatic rings. The van der Waals surface area contributed by atoms with Crippen molar-refractivity contribution in [3.63, 3.8) is 0 Å². The lowest BCUT2D eigenvalue weighted by Crippen LogP contribution is -2.34. The van der Waals surface area contributed by atoms with E-state index in [0.717, 1.165) is 0 Å². The van der Waals surface area contributed by atoms with Gasteiger partial charge in [-0.05, 0) is 38.2 Å². The lowest BCUT2D eigenvalue weighted by Gasteiger charge is -2.07. The fourth-order valence-corrected chi connectivity index (χ4v) is 6.06. The van der Waals surface area contributed by atoms with E-state index in [1.807, 2.05) is 0 Å². The standard InChI is InChI=1S/C38H72N/c1-4-7-10-13-14-15-16-17-18-19-20-21-22-23-24-27-30-33-39-35-37(31-28-25-11-8-5-2)34-38(36-39)32-29-26-12-9-6-3/h34-36H,4-33H2,1-3H3/q+1. The summed E-state index contributed by atoms with van der Waals surface area (Å²) in [6.07, 6.45) is 45.9. The Morgan fingerprint density at radius 2 is 0.641 bits per heavy atom. The second-order valence-electron chi connectivity index (χ2n) is 12.8. The Labute approximate surface area is 247 Å². The van der Waals surface area contributed by atoms with Crippen molar-refractivity contribution in [2.75, 3.05) is 0 Å². The Morgan fingerprint density at radius 1 is 0.359 bits per heavy atom. The molecule has 39 heavy (non-hydrogen) atoms. The first-order valence-corrected chi connectivity index (χ1v) is 18.3. The Balaban J connectivity index is 2.15. The average Bonchev–Trinajstić information content (AvgIpc) is 2.94. The summed E-state index contributed by atoms with van der Waals surface area (Å²) in [4.78, 5) is 0. The van der Waals surface area contributed by atoms with Crippen molar-refractivity contribution in [1.82, 2.24) is 0 Å². The van der Waals surface area contributed by atoms with Gasteiger partial charge in [-0.1, -0.05) is 168 Å². The monoisotopic (exact) mass is 543 g/mol. The van der Waals surface area contributed by atoms with Crippen LogP contribution in [0.5, 0.6) is 0 Å². The normalized spacial score (nSPS) is 11.5. The summed E-state index contributed by atoms with van der Waals surface area (Å²) < 4.78 is 2.55. The fourth-order valence-electron chi connectivity index (χ4n) is 6.06. The molecule has 0 fully saturated rings. The minimum atomic E-state index is 1.21. The Hall–Kier alpha value is -0.850. The highest BCUT2D eigenvalue weighted by molar-refractivity contribution is 5.15. The van der Waals surface area contributed by atoms with Crippen LogP contribution in [0, 0.1) is 0 Å². The van der Waals surface area contributed by atoms with Gasteiger partial charge >= 0.3 is 0 Å². The van der Waals surface area contributed by atoms with Gasteiger partial charge in [0.05, 0.1) is 0 Å². The van der Waals surface area contributed by atoms with E-state index < -0.39 is 0 Å². The number of aromatic nitrogens is 1. The molecule has 1 heterocycles. The van der Waals surface area contributed by atoms with Gasteiger partial charge in [0.1, 0.15) is 6.54 Å². The lowest BCUT2D eigenvalue weighted by molar-refractivity contribution is -0.698. The summed E-state index contributed by atoms with van der Waals surface area (Å²) in [6, 6.07) is 2.53. The van der Waals surface area contributed by atoms with Crippen LogP contribution in [0.15, 0.2) is 18.5 Å². The SMILES string of the molecule is CCCCCCCCCCCCCCCCCCC[n+]1cc(CCCCCCC)cc(CCCCCCC)c1. The molecule has 0 N–H and O–H groups in total. The van der Waals surface area contributed by atoms with E-state index in [9.17, 15) is 0 Å². The number of nitrogens with zero attached hydrogens (tertiary/aromatic N) is 1. The molecule has 1 nitrogen and oxygen atoms in total. The molecule has 1 rings (SSSR count). The van der Waals surface area contributed by atoms with E-state index in [-0.39, 0.29) is 0 Å². The number of rotatable bonds is 30. The van der Waals surface area contributed by atoms with Crippen molar-refractivity contribution in [2.45, 2.75) is 214 Å². The minimum absolute atomic E-state index is 1.21. The number of aryl methyl sites for hydroxylation is 3. The maximum Gasteiger partial charge on any atom is 0.171 e. The zero-order valence-electron chi connectivity index (χ0n) is 27.4. The molecule has 0 aliphatic heterocycles. The van der Waals surface area contributed by atoms with Crippen molar-refractivity contribution in [3.8, 4) is 0 Å². The van der Waals surface area contributed by atoms with Crippen molar-refractivity contribution in [3.05, 3.63) is 29.6 Å². The molecule has 0 saturated carbocycles. The Morgan fingerprint density at radius 3 is 0.974 bits per heavy atom. The zero-order chi connectivity index (χ0) is 28.1. The van der Waals surface area contributed by atoms with Crippen molar-refractivity contribution >= 4 is 0 Å².